The maximum absolute atomic E-state index is 13.7. The number of nitrogens with zero attached hydrogens (tertiary/aromatic N) is 4. The van der Waals surface area contributed by atoms with Gasteiger partial charge in [0.05, 0.1) is 5.56 Å². The van der Waals surface area contributed by atoms with Crippen molar-refractivity contribution in [1.29, 1.82) is 0 Å². The molecular weight excluding hydrogens is 221 g/mol. The minimum atomic E-state index is -0.356. The van der Waals surface area contributed by atoms with Gasteiger partial charge in [0.15, 0.2) is 5.82 Å². The topological polar surface area (TPSA) is 69.6 Å². The van der Waals surface area contributed by atoms with E-state index in [2.05, 4.69) is 15.5 Å². The molecule has 0 spiro atoms. The molecule has 1 aliphatic rings. The number of hydrogen-bond acceptors (Lipinski definition) is 4. The molecule has 2 aromatic rings. The molecule has 6 heteroatoms. The molecule has 0 unspecified atom stereocenters. The molecule has 0 aliphatic heterocycles. The van der Waals surface area contributed by atoms with Crippen molar-refractivity contribution in [2.45, 2.75) is 19.4 Å². The van der Waals surface area contributed by atoms with Crippen molar-refractivity contribution in [3.63, 3.8) is 0 Å². The van der Waals surface area contributed by atoms with Crippen molar-refractivity contribution in [2.24, 2.45) is 5.92 Å². The zero-order valence-corrected chi connectivity index (χ0v) is 9.17. The van der Waals surface area contributed by atoms with Gasteiger partial charge >= 0.3 is 0 Å². The lowest BCUT2D eigenvalue weighted by atomic mass is 10.2. The number of benzene rings is 1. The molecule has 1 aromatic heterocycles. The van der Waals surface area contributed by atoms with Gasteiger partial charge in [0.2, 0.25) is 0 Å². The normalized spacial score (nSPS) is 15.1. The number of nitrogen functional groups attached to an aromatic ring is 1. The molecule has 0 atom stereocenters. The lowest BCUT2D eigenvalue weighted by molar-refractivity contribution is 0.546. The third-order valence-corrected chi connectivity index (χ3v) is 2.89. The molecule has 0 bridgehead atoms. The van der Waals surface area contributed by atoms with Crippen molar-refractivity contribution in [2.75, 3.05) is 5.73 Å². The van der Waals surface area contributed by atoms with Gasteiger partial charge in [0.1, 0.15) is 5.82 Å². The summed E-state index contributed by atoms with van der Waals surface area (Å²) in [7, 11) is 0. The van der Waals surface area contributed by atoms with E-state index in [-0.39, 0.29) is 5.82 Å². The number of halogens is 1. The second kappa shape index (κ2) is 3.80. The van der Waals surface area contributed by atoms with Gasteiger partial charge in [-0.15, -0.1) is 5.10 Å². The highest BCUT2D eigenvalue weighted by atomic mass is 19.1. The second-order valence-electron chi connectivity index (χ2n) is 4.37. The molecule has 0 amide bonds. The number of hydrogen-bond donors (Lipinski definition) is 1. The molecule has 1 aliphatic carbocycles. The first-order valence-corrected chi connectivity index (χ1v) is 5.55. The number of anilines is 1. The largest absolute Gasteiger partial charge is 0.399 e. The fourth-order valence-corrected chi connectivity index (χ4v) is 1.78. The standard InChI is InChI=1S/C11H12FN5/c12-10-4-3-8(13)5-9(10)11-14-15-16-17(11)6-7-1-2-7/h3-5,7H,1-2,6,13H2. The SMILES string of the molecule is Nc1ccc(F)c(-c2nnnn2CC2CC2)c1. The van der Waals surface area contributed by atoms with E-state index in [0.29, 0.717) is 23.0 Å². The van der Waals surface area contributed by atoms with E-state index in [4.69, 9.17) is 5.73 Å². The molecule has 0 radical (unpaired) electrons. The van der Waals surface area contributed by atoms with Crippen LogP contribution in [0.1, 0.15) is 12.8 Å². The molecule has 1 fully saturated rings. The van der Waals surface area contributed by atoms with E-state index in [9.17, 15) is 4.39 Å². The first kappa shape index (κ1) is 10.2. The Kier molecular flexibility index (Phi) is 2.28. The number of rotatable bonds is 3. The summed E-state index contributed by atoms with van der Waals surface area (Å²) in [6.07, 6.45) is 2.39. The lowest BCUT2D eigenvalue weighted by Gasteiger charge is -2.05. The fraction of sp³-hybridized carbons (Fsp3) is 0.364. The average Bonchev–Trinajstić information content (AvgIpc) is 3.00. The zero-order chi connectivity index (χ0) is 11.8. The van der Waals surface area contributed by atoms with Crippen LogP contribution >= 0.6 is 0 Å². The van der Waals surface area contributed by atoms with E-state index in [0.717, 1.165) is 6.54 Å². The van der Waals surface area contributed by atoms with Gasteiger partial charge in [-0.25, -0.2) is 9.07 Å². The minimum Gasteiger partial charge on any atom is -0.399 e. The van der Waals surface area contributed by atoms with Crippen LogP contribution in [0.3, 0.4) is 0 Å². The predicted molar refractivity (Wildman–Crippen MR) is 60.3 cm³/mol. The van der Waals surface area contributed by atoms with Crippen molar-refractivity contribution >= 4 is 5.69 Å². The Morgan fingerprint density at radius 3 is 3.00 bits per heavy atom. The van der Waals surface area contributed by atoms with Crippen LogP contribution < -0.4 is 5.73 Å². The van der Waals surface area contributed by atoms with Gasteiger partial charge in [-0.05, 0) is 47.4 Å². The number of aromatic nitrogens is 4. The smallest absolute Gasteiger partial charge is 0.185 e. The summed E-state index contributed by atoms with van der Waals surface area (Å²) in [5, 5.41) is 11.4. The summed E-state index contributed by atoms with van der Waals surface area (Å²) < 4.78 is 15.3. The van der Waals surface area contributed by atoms with E-state index in [1.165, 1.54) is 25.0 Å². The van der Waals surface area contributed by atoms with Gasteiger partial charge < -0.3 is 5.73 Å². The molecule has 0 saturated heterocycles. The maximum Gasteiger partial charge on any atom is 0.185 e. The van der Waals surface area contributed by atoms with E-state index < -0.39 is 0 Å². The molecule has 1 aromatic carbocycles. The molecule has 5 nitrogen and oxygen atoms in total. The van der Waals surface area contributed by atoms with E-state index in [1.807, 2.05) is 0 Å². The van der Waals surface area contributed by atoms with Gasteiger partial charge in [-0.2, -0.15) is 0 Å². The van der Waals surface area contributed by atoms with Crippen LogP contribution in [-0.2, 0) is 6.54 Å². The molecular formula is C11H12FN5. The predicted octanol–water partition coefficient (Wildman–Crippen LogP) is 1.47. The van der Waals surface area contributed by atoms with Gasteiger partial charge in [-0.1, -0.05) is 0 Å². The Morgan fingerprint density at radius 1 is 1.41 bits per heavy atom. The molecule has 3 rings (SSSR count). The summed E-state index contributed by atoms with van der Waals surface area (Å²) in [4.78, 5) is 0. The van der Waals surface area contributed by atoms with Crippen LogP contribution in [0, 0.1) is 11.7 Å². The lowest BCUT2D eigenvalue weighted by Crippen LogP contribution is -2.05. The Labute approximate surface area is 97.4 Å². The summed E-state index contributed by atoms with van der Waals surface area (Å²) in [5.74, 6) is 0.717. The van der Waals surface area contributed by atoms with Crippen molar-refractivity contribution in [3.05, 3.63) is 24.0 Å². The van der Waals surface area contributed by atoms with Crippen LogP contribution in [0.5, 0.6) is 0 Å². The Bertz CT molecular complexity index is 547. The Morgan fingerprint density at radius 2 is 2.24 bits per heavy atom. The first-order valence-electron chi connectivity index (χ1n) is 5.55. The minimum absolute atomic E-state index is 0.356. The average molecular weight is 233 g/mol. The van der Waals surface area contributed by atoms with Crippen molar-refractivity contribution in [3.8, 4) is 11.4 Å². The van der Waals surface area contributed by atoms with E-state index >= 15 is 0 Å². The number of tetrazole rings is 1. The highest BCUT2D eigenvalue weighted by Gasteiger charge is 2.24. The third kappa shape index (κ3) is 1.98. The summed E-state index contributed by atoms with van der Waals surface area (Å²) in [5.41, 5.74) is 6.51. The molecule has 17 heavy (non-hydrogen) atoms. The third-order valence-electron chi connectivity index (χ3n) is 2.89. The van der Waals surface area contributed by atoms with E-state index in [1.54, 1.807) is 10.7 Å². The summed E-state index contributed by atoms with van der Waals surface area (Å²) in [6.45, 7) is 0.747. The van der Waals surface area contributed by atoms with Crippen LogP contribution in [-0.4, -0.2) is 20.2 Å². The van der Waals surface area contributed by atoms with Crippen LogP contribution in [0.4, 0.5) is 10.1 Å². The van der Waals surface area contributed by atoms with Crippen LogP contribution in [0.2, 0.25) is 0 Å². The molecule has 88 valence electrons. The summed E-state index contributed by atoms with van der Waals surface area (Å²) >= 11 is 0. The molecule has 1 heterocycles. The van der Waals surface area contributed by atoms with Gasteiger partial charge in [0, 0.05) is 12.2 Å². The highest BCUT2D eigenvalue weighted by molar-refractivity contribution is 5.61. The van der Waals surface area contributed by atoms with Crippen molar-refractivity contribution in [1.82, 2.24) is 20.2 Å². The summed E-state index contributed by atoms with van der Waals surface area (Å²) in [6, 6.07) is 4.42. The zero-order valence-electron chi connectivity index (χ0n) is 9.17. The quantitative estimate of drug-likeness (QED) is 0.815. The van der Waals surface area contributed by atoms with Gasteiger partial charge in [-0.3, -0.25) is 0 Å². The van der Waals surface area contributed by atoms with Crippen molar-refractivity contribution < 1.29 is 4.39 Å². The van der Waals surface area contributed by atoms with Crippen LogP contribution in [0.15, 0.2) is 18.2 Å². The van der Waals surface area contributed by atoms with Crippen LogP contribution in [0.25, 0.3) is 11.4 Å². The monoisotopic (exact) mass is 233 g/mol. The number of nitrogens with two attached hydrogens (primary N) is 1. The molecule has 1 saturated carbocycles. The molecule has 2 N–H and O–H groups in total. The Hall–Kier alpha value is -1.98. The first-order chi connectivity index (χ1) is 8.24. The Balaban J connectivity index is 2.01. The fourth-order valence-electron chi connectivity index (χ4n) is 1.78. The van der Waals surface area contributed by atoms with Gasteiger partial charge in [0.25, 0.3) is 0 Å². The second-order valence-corrected chi connectivity index (χ2v) is 4.37. The maximum atomic E-state index is 13.7. The highest BCUT2D eigenvalue weighted by Crippen LogP contribution is 2.32.